The van der Waals surface area contributed by atoms with E-state index in [2.05, 4.69) is 15.5 Å². The largest absolute Gasteiger partial charge is 0.323 e. The van der Waals surface area contributed by atoms with Gasteiger partial charge in [-0.05, 0) is 37.3 Å². The Bertz CT molecular complexity index is 1270. The van der Waals surface area contributed by atoms with Gasteiger partial charge < -0.3 is 5.32 Å². The number of hydrogen-bond donors (Lipinski definition) is 2. The average Bonchev–Trinajstić information content (AvgIpc) is 3.01. The van der Waals surface area contributed by atoms with Crippen LogP contribution < -0.4 is 5.32 Å². The Morgan fingerprint density at radius 1 is 0.968 bits per heavy atom. The van der Waals surface area contributed by atoms with E-state index in [1.54, 1.807) is 18.2 Å². The Hall–Kier alpha value is -3.42. The standard InChI is InChI=1S/C23H20F3N5/c24-12-13-6-4-5-7-15(13)21-27-19-9-3-1-2-8-16(19)22(28-21)29-23-17-10-14(25)11-18(26)20(17)30-31-23/h4-7,10-11H,1-3,8-9,12H2,(H2,27,28,29,30,31). The number of anilines is 2. The molecule has 0 amide bonds. The number of hydrogen-bond acceptors (Lipinski definition) is 4. The van der Waals surface area contributed by atoms with Crippen LogP contribution in [0, 0.1) is 11.6 Å². The summed E-state index contributed by atoms with van der Waals surface area (Å²) < 4.78 is 41.5. The van der Waals surface area contributed by atoms with Crippen molar-refractivity contribution in [3.05, 3.63) is 64.9 Å². The molecule has 0 saturated heterocycles. The van der Waals surface area contributed by atoms with Crippen LogP contribution >= 0.6 is 0 Å². The van der Waals surface area contributed by atoms with Gasteiger partial charge in [-0.3, -0.25) is 5.10 Å². The molecule has 8 heteroatoms. The molecule has 2 heterocycles. The number of fused-ring (bicyclic) bond motifs is 2. The number of aromatic amines is 1. The van der Waals surface area contributed by atoms with Crippen molar-refractivity contribution >= 4 is 22.5 Å². The van der Waals surface area contributed by atoms with Crippen molar-refractivity contribution in [1.82, 2.24) is 20.2 Å². The van der Waals surface area contributed by atoms with Crippen molar-refractivity contribution in [2.75, 3.05) is 5.32 Å². The summed E-state index contributed by atoms with van der Waals surface area (Å²) in [6.45, 7) is -0.623. The Kier molecular flexibility index (Phi) is 5.05. The van der Waals surface area contributed by atoms with Crippen LogP contribution in [-0.4, -0.2) is 20.2 Å². The number of nitrogens with zero attached hydrogens (tertiary/aromatic N) is 3. The molecule has 0 bridgehead atoms. The second-order valence-electron chi connectivity index (χ2n) is 7.68. The highest BCUT2D eigenvalue weighted by Crippen LogP contribution is 2.33. The van der Waals surface area contributed by atoms with E-state index in [0.717, 1.165) is 49.4 Å². The van der Waals surface area contributed by atoms with Gasteiger partial charge in [-0.25, -0.2) is 23.1 Å². The van der Waals surface area contributed by atoms with E-state index in [-0.39, 0.29) is 11.3 Å². The predicted octanol–water partition coefficient (Wildman–Crippen LogP) is 5.78. The van der Waals surface area contributed by atoms with Crippen molar-refractivity contribution in [3.8, 4) is 11.4 Å². The maximum atomic E-state index is 14.1. The van der Waals surface area contributed by atoms with Gasteiger partial charge in [0.2, 0.25) is 0 Å². The summed E-state index contributed by atoms with van der Waals surface area (Å²) in [6.07, 6.45) is 4.66. The molecule has 5 nitrogen and oxygen atoms in total. The number of alkyl halides is 1. The SMILES string of the molecule is FCc1ccccc1-c1nc2c(c(Nc3n[nH]c4c(F)cc(F)cc34)n1)CCCCC2. The minimum Gasteiger partial charge on any atom is -0.323 e. The van der Waals surface area contributed by atoms with E-state index < -0.39 is 18.3 Å². The highest BCUT2D eigenvalue weighted by Gasteiger charge is 2.21. The van der Waals surface area contributed by atoms with Crippen LogP contribution in [0.3, 0.4) is 0 Å². The van der Waals surface area contributed by atoms with Gasteiger partial charge in [-0.15, -0.1) is 0 Å². The molecule has 2 N–H and O–H groups in total. The van der Waals surface area contributed by atoms with E-state index in [4.69, 9.17) is 9.97 Å². The van der Waals surface area contributed by atoms with E-state index in [1.807, 2.05) is 6.07 Å². The Labute approximate surface area is 176 Å². The molecule has 2 aromatic carbocycles. The number of aryl methyl sites for hydroxylation is 1. The molecular weight excluding hydrogens is 403 g/mol. The van der Waals surface area contributed by atoms with E-state index in [0.29, 0.717) is 28.2 Å². The third kappa shape index (κ3) is 3.62. The molecule has 4 aromatic rings. The summed E-state index contributed by atoms with van der Waals surface area (Å²) in [6, 6.07) is 9.15. The van der Waals surface area contributed by atoms with Gasteiger partial charge in [0.05, 0.1) is 5.39 Å². The Morgan fingerprint density at radius 2 is 1.81 bits per heavy atom. The molecule has 158 valence electrons. The number of H-pyrrole nitrogens is 1. The summed E-state index contributed by atoms with van der Waals surface area (Å²) in [5, 5.41) is 10.2. The van der Waals surface area contributed by atoms with Crippen molar-refractivity contribution < 1.29 is 13.2 Å². The van der Waals surface area contributed by atoms with Gasteiger partial charge in [0.1, 0.15) is 23.8 Å². The molecule has 31 heavy (non-hydrogen) atoms. The molecule has 0 saturated carbocycles. The normalized spacial score (nSPS) is 13.8. The lowest BCUT2D eigenvalue weighted by Gasteiger charge is -2.15. The van der Waals surface area contributed by atoms with Gasteiger partial charge in [-0.1, -0.05) is 30.7 Å². The Morgan fingerprint density at radius 3 is 2.68 bits per heavy atom. The number of aromatic nitrogens is 4. The minimum absolute atomic E-state index is 0.118. The van der Waals surface area contributed by atoms with Gasteiger partial charge in [-0.2, -0.15) is 5.10 Å². The number of halogens is 3. The third-order valence-electron chi connectivity index (χ3n) is 5.66. The first-order valence-corrected chi connectivity index (χ1v) is 10.3. The second kappa shape index (κ2) is 8.02. The van der Waals surface area contributed by atoms with Gasteiger partial charge >= 0.3 is 0 Å². The predicted molar refractivity (Wildman–Crippen MR) is 113 cm³/mol. The van der Waals surface area contributed by atoms with Crippen molar-refractivity contribution in [2.24, 2.45) is 0 Å². The summed E-state index contributed by atoms with van der Waals surface area (Å²) in [7, 11) is 0. The first-order valence-electron chi connectivity index (χ1n) is 10.3. The van der Waals surface area contributed by atoms with Crippen LogP contribution in [0.1, 0.15) is 36.1 Å². The molecule has 1 aliphatic carbocycles. The highest BCUT2D eigenvalue weighted by molar-refractivity contribution is 5.91. The zero-order chi connectivity index (χ0) is 21.4. The molecule has 0 radical (unpaired) electrons. The van der Waals surface area contributed by atoms with Crippen LogP contribution in [0.5, 0.6) is 0 Å². The quantitative estimate of drug-likeness (QED) is 0.408. The van der Waals surface area contributed by atoms with Crippen LogP contribution in [0.25, 0.3) is 22.3 Å². The first-order chi connectivity index (χ1) is 15.1. The summed E-state index contributed by atoms with van der Waals surface area (Å²) in [5.74, 6) is -0.159. The number of rotatable bonds is 4. The highest BCUT2D eigenvalue weighted by atomic mass is 19.1. The Balaban J connectivity index is 1.66. The lowest BCUT2D eigenvalue weighted by atomic mass is 10.1. The fraction of sp³-hybridized carbons (Fsp3) is 0.261. The number of benzene rings is 2. The smallest absolute Gasteiger partial charge is 0.162 e. The van der Waals surface area contributed by atoms with Crippen LogP contribution in [-0.2, 0) is 19.5 Å². The summed E-state index contributed by atoms with van der Waals surface area (Å²) in [5.41, 5.74) is 3.13. The first kappa shape index (κ1) is 19.5. The lowest BCUT2D eigenvalue weighted by Crippen LogP contribution is -2.08. The molecule has 2 aromatic heterocycles. The number of nitrogens with one attached hydrogen (secondary N) is 2. The fourth-order valence-corrected chi connectivity index (χ4v) is 4.10. The van der Waals surface area contributed by atoms with Crippen molar-refractivity contribution in [3.63, 3.8) is 0 Å². The van der Waals surface area contributed by atoms with E-state index >= 15 is 0 Å². The topological polar surface area (TPSA) is 66.5 Å². The van der Waals surface area contributed by atoms with Gasteiger partial charge in [0.15, 0.2) is 17.5 Å². The van der Waals surface area contributed by atoms with Crippen molar-refractivity contribution in [1.29, 1.82) is 0 Å². The zero-order valence-corrected chi connectivity index (χ0v) is 16.7. The average molecular weight is 423 g/mol. The monoisotopic (exact) mass is 423 g/mol. The van der Waals surface area contributed by atoms with Gasteiger partial charge in [0, 0.05) is 22.9 Å². The molecule has 0 spiro atoms. The van der Waals surface area contributed by atoms with Gasteiger partial charge in [0.25, 0.3) is 0 Å². The molecule has 0 fully saturated rings. The van der Waals surface area contributed by atoms with Crippen LogP contribution in [0.2, 0.25) is 0 Å². The second-order valence-corrected chi connectivity index (χ2v) is 7.68. The van der Waals surface area contributed by atoms with E-state index in [1.165, 1.54) is 6.07 Å². The molecule has 5 rings (SSSR count). The summed E-state index contributed by atoms with van der Waals surface area (Å²) >= 11 is 0. The lowest BCUT2D eigenvalue weighted by molar-refractivity contribution is 0.486. The van der Waals surface area contributed by atoms with Crippen LogP contribution in [0.15, 0.2) is 36.4 Å². The fourth-order valence-electron chi connectivity index (χ4n) is 4.10. The molecule has 1 aliphatic rings. The molecule has 0 aliphatic heterocycles. The molecular formula is C23H20F3N5. The maximum Gasteiger partial charge on any atom is 0.162 e. The third-order valence-corrected chi connectivity index (χ3v) is 5.66. The minimum atomic E-state index is -0.713. The maximum absolute atomic E-state index is 14.1. The molecule has 0 unspecified atom stereocenters. The zero-order valence-electron chi connectivity index (χ0n) is 16.7. The molecule has 0 atom stereocenters. The van der Waals surface area contributed by atoms with Crippen LogP contribution in [0.4, 0.5) is 24.8 Å². The van der Waals surface area contributed by atoms with Crippen molar-refractivity contribution in [2.45, 2.75) is 38.8 Å². The van der Waals surface area contributed by atoms with E-state index in [9.17, 15) is 13.2 Å². The summed E-state index contributed by atoms with van der Waals surface area (Å²) in [4.78, 5) is 9.47.